The normalized spacial score (nSPS) is 11.0. The van der Waals surface area contributed by atoms with Gasteiger partial charge in [-0.2, -0.15) is 0 Å². The molecule has 0 aliphatic heterocycles. The molecule has 0 radical (unpaired) electrons. The maximum absolute atomic E-state index is 12.0. The Balaban J connectivity index is 2.05. The molecule has 2 aromatic carbocycles. The molecule has 116 valence electrons. The van der Waals surface area contributed by atoms with E-state index in [-0.39, 0.29) is 12.2 Å². The van der Waals surface area contributed by atoms with Crippen LogP contribution in [-0.2, 0) is 21.4 Å². The highest BCUT2D eigenvalue weighted by Gasteiger charge is 2.10. The van der Waals surface area contributed by atoms with Crippen molar-refractivity contribution in [1.82, 2.24) is 0 Å². The van der Waals surface area contributed by atoms with E-state index < -0.39 is 16.0 Å². The minimum Gasteiger partial charge on any atom is -0.457 e. The average Bonchev–Trinajstić information content (AvgIpc) is 2.43. The molecule has 0 unspecified atom stereocenters. The van der Waals surface area contributed by atoms with Crippen molar-refractivity contribution in [2.24, 2.45) is 0 Å². The van der Waals surface area contributed by atoms with Gasteiger partial charge in [0.15, 0.2) is 0 Å². The molecule has 22 heavy (non-hydrogen) atoms. The number of anilines is 1. The van der Waals surface area contributed by atoms with Crippen molar-refractivity contribution in [2.75, 3.05) is 11.0 Å². The summed E-state index contributed by atoms with van der Waals surface area (Å²) in [5, 5.41) is 0. The van der Waals surface area contributed by atoms with Crippen LogP contribution in [0.3, 0.4) is 0 Å². The van der Waals surface area contributed by atoms with Crippen LogP contribution in [0.2, 0.25) is 0 Å². The monoisotopic (exact) mass is 383 g/mol. The van der Waals surface area contributed by atoms with Gasteiger partial charge in [-0.05, 0) is 35.9 Å². The van der Waals surface area contributed by atoms with Gasteiger partial charge in [0.05, 0.1) is 11.8 Å². The molecule has 0 spiro atoms. The molecule has 0 saturated carbocycles. The second-order valence-electron chi connectivity index (χ2n) is 4.66. The first kappa shape index (κ1) is 16.5. The topological polar surface area (TPSA) is 72.5 Å². The van der Waals surface area contributed by atoms with Crippen LogP contribution in [0.1, 0.15) is 15.9 Å². The summed E-state index contributed by atoms with van der Waals surface area (Å²) in [6.07, 6.45) is 1.05. The van der Waals surface area contributed by atoms with Crippen molar-refractivity contribution >= 4 is 37.6 Å². The van der Waals surface area contributed by atoms with Crippen LogP contribution in [0.5, 0.6) is 0 Å². The van der Waals surface area contributed by atoms with Crippen molar-refractivity contribution in [1.29, 1.82) is 0 Å². The fourth-order valence-electron chi connectivity index (χ4n) is 1.78. The highest BCUT2D eigenvalue weighted by atomic mass is 79.9. The van der Waals surface area contributed by atoms with Gasteiger partial charge in [0.1, 0.15) is 6.61 Å². The molecule has 7 heteroatoms. The number of hydrogen-bond donors (Lipinski definition) is 1. The number of esters is 1. The van der Waals surface area contributed by atoms with Gasteiger partial charge in [-0.15, -0.1) is 0 Å². The number of carbonyl (C=O) groups excluding carboxylic acids is 1. The summed E-state index contributed by atoms with van der Waals surface area (Å²) >= 11 is 3.35. The minimum atomic E-state index is -3.39. The number of sulfonamides is 1. The minimum absolute atomic E-state index is 0.141. The van der Waals surface area contributed by atoms with Gasteiger partial charge in [-0.1, -0.05) is 34.1 Å². The molecule has 0 bridgehead atoms. The Morgan fingerprint density at radius 2 is 1.91 bits per heavy atom. The van der Waals surface area contributed by atoms with E-state index >= 15 is 0 Å². The molecule has 0 aliphatic rings. The number of benzene rings is 2. The molecule has 0 saturated heterocycles. The molecule has 0 amide bonds. The lowest BCUT2D eigenvalue weighted by molar-refractivity contribution is 0.0472. The lowest BCUT2D eigenvalue weighted by Crippen LogP contribution is -2.11. The summed E-state index contributed by atoms with van der Waals surface area (Å²) in [5.74, 6) is -0.517. The number of halogens is 1. The van der Waals surface area contributed by atoms with Gasteiger partial charge in [-0.25, -0.2) is 13.2 Å². The molecular weight excluding hydrogens is 370 g/mol. The Kier molecular flexibility index (Phi) is 5.20. The Hall–Kier alpha value is -1.86. The number of rotatable bonds is 5. The van der Waals surface area contributed by atoms with Gasteiger partial charge < -0.3 is 4.74 Å². The maximum atomic E-state index is 12.0. The zero-order valence-corrected chi connectivity index (χ0v) is 14.1. The molecule has 2 rings (SSSR count). The molecule has 0 aliphatic carbocycles. The zero-order valence-electron chi connectivity index (χ0n) is 11.7. The van der Waals surface area contributed by atoms with Crippen LogP contribution in [0, 0.1) is 0 Å². The highest BCUT2D eigenvalue weighted by Crippen LogP contribution is 2.15. The van der Waals surface area contributed by atoms with E-state index in [1.807, 2.05) is 24.3 Å². The quantitative estimate of drug-likeness (QED) is 0.804. The van der Waals surface area contributed by atoms with Crippen LogP contribution in [0.4, 0.5) is 5.69 Å². The SMILES string of the molecule is CS(=O)(=O)Nc1cccc(C(=O)OCc2cccc(Br)c2)c1. The van der Waals surface area contributed by atoms with Crippen LogP contribution < -0.4 is 4.72 Å². The number of nitrogens with one attached hydrogen (secondary N) is 1. The second-order valence-corrected chi connectivity index (χ2v) is 7.33. The predicted molar refractivity (Wildman–Crippen MR) is 88.2 cm³/mol. The van der Waals surface area contributed by atoms with Gasteiger partial charge in [-0.3, -0.25) is 4.72 Å². The van der Waals surface area contributed by atoms with E-state index in [0.717, 1.165) is 16.3 Å². The summed E-state index contributed by atoms with van der Waals surface area (Å²) in [4.78, 5) is 12.0. The summed E-state index contributed by atoms with van der Waals surface area (Å²) in [7, 11) is -3.39. The number of ether oxygens (including phenoxy) is 1. The summed E-state index contributed by atoms with van der Waals surface area (Å²) < 4.78 is 30.8. The third-order valence-corrected chi connectivity index (χ3v) is 3.76. The highest BCUT2D eigenvalue weighted by molar-refractivity contribution is 9.10. The smallest absolute Gasteiger partial charge is 0.338 e. The van der Waals surface area contributed by atoms with Crippen LogP contribution in [0.15, 0.2) is 53.0 Å². The Morgan fingerprint density at radius 3 is 2.59 bits per heavy atom. The van der Waals surface area contributed by atoms with Crippen LogP contribution in [-0.4, -0.2) is 20.6 Å². The average molecular weight is 384 g/mol. The van der Waals surface area contributed by atoms with E-state index in [1.165, 1.54) is 6.07 Å². The Morgan fingerprint density at radius 1 is 1.18 bits per heavy atom. The standard InChI is InChI=1S/C15H14BrNO4S/c1-22(19,20)17-14-7-3-5-12(9-14)15(18)21-10-11-4-2-6-13(16)8-11/h2-9,17H,10H2,1H3. The number of hydrogen-bond acceptors (Lipinski definition) is 4. The summed E-state index contributed by atoms with van der Waals surface area (Å²) in [5.41, 5.74) is 1.45. The maximum Gasteiger partial charge on any atom is 0.338 e. The largest absolute Gasteiger partial charge is 0.457 e. The second kappa shape index (κ2) is 6.93. The summed E-state index contributed by atoms with van der Waals surface area (Å²) in [6, 6.07) is 13.6. The Bertz CT molecular complexity index is 790. The van der Waals surface area contributed by atoms with Gasteiger partial charge in [0, 0.05) is 10.2 Å². The molecule has 0 atom stereocenters. The lowest BCUT2D eigenvalue weighted by Gasteiger charge is -2.08. The molecule has 0 aromatic heterocycles. The van der Waals surface area contributed by atoms with Crippen molar-refractivity contribution in [3.63, 3.8) is 0 Å². The predicted octanol–water partition coefficient (Wildman–Crippen LogP) is 3.18. The van der Waals surface area contributed by atoms with E-state index in [1.54, 1.807) is 18.2 Å². The van der Waals surface area contributed by atoms with Gasteiger partial charge in [0.25, 0.3) is 0 Å². The third-order valence-electron chi connectivity index (χ3n) is 2.66. The first-order valence-corrected chi connectivity index (χ1v) is 9.01. The van der Waals surface area contributed by atoms with E-state index in [4.69, 9.17) is 4.74 Å². The van der Waals surface area contributed by atoms with E-state index in [9.17, 15) is 13.2 Å². The van der Waals surface area contributed by atoms with E-state index in [2.05, 4.69) is 20.7 Å². The van der Waals surface area contributed by atoms with E-state index in [0.29, 0.717) is 5.69 Å². The number of carbonyl (C=O) groups is 1. The van der Waals surface area contributed by atoms with Gasteiger partial charge >= 0.3 is 5.97 Å². The van der Waals surface area contributed by atoms with Crippen LogP contribution >= 0.6 is 15.9 Å². The molecule has 0 heterocycles. The fourth-order valence-corrected chi connectivity index (χ4v) is 2.78. The molecule has 1 N–H and O–H groups in total. The van der Waals surface area contributed by atoms with Crippen molar-refractivity contribution in [3.8, 4) is 0 Å². The zero-order chi connectivity index (χ0) is 16.2. The molecular formula is C15H14BrNO4S. The van der Waals surface area contributed by atoms with Crippen molar-refractivity contribution in [3.05, 3.63) is 64.1 Å². The van der Waals surface area contributed by atoms with Crippen LogP contribution in [0.25, 0.3) is 0 Å². The lowest BCUT2D eigenvalue weighted by atomic mass is 10.2. The molecule has 2 aromatic rings. The summed E-state index contributed by atoms with van der Waals surface area (Å²) in [6.45, 7) is 0.141. The molecule has 5 nitrogen and oxygen atoms in total. The fraction of sp³-hybridized carbons (Fsp3) is 0.133. The first-order chi connectivity index (χ1) is 10.3. The Labute approximate surface area is 137 Å². The van der Waals surface area contributed by atoms with Crippen molar-refractivity contribution < 1.29 is 17.9 Å². The van der Waals surface area contributed by atoms with Crippen molar-refractivity contribution in [2.45, 2.75) is 6.61 Å². The van der Waals surface area contributed by atoms with Gasteiger partial charge in [0.2, 0.25) is 10.0 Å². The molecule has 0 fully saturated rings. The first-order valence-electron chi connectivity index (χ1n) is 6.33. The third kappa shape index (κ3) is 5.16.